The monoisotopic (exact) mass is 701 g/mol. The topological polar surface area (TPSA) is 16.4 Å². The molecule has 0 fully saturated rings. The lowest BCUT2D eigenvalue weighted by atomic mass is 9.67. The Morgan fingerprint density at radius 2 is 0.927 bits per heavy atom. The molecule has 2 heteroatoms. The van der Waals surface area contributed by atoms with Gasteiger partial charge in [0.2, 0.25) is 0 Å². The Hall–Kier alpha value is -7.16. The highest BCUT2D eigenvalue weighted by Crippen LogP contribution is 2.58. The van der Waals surface area contributed by atoms with Crippen LogP contribution in [-0.4, -0.2) is 0 Å². The normalized spacial score (nSPS) is 12.9. The van der Waals surface area contributed by atoms with Crippen LogP contribution in [0.2, 0.25) is 0 Å². The zero-order valence-corrected chi connectivity index (χ0v) is 30.1. The van der Waals surface area contributed by atoms with Gasteiger partial charge in [-0.25, -0.2) is 0 Å². The molecule has 0 aliphatic heterocycles. The third-order valence-electron chi connectivity index (χ3n) is 11.5. The first-order valence-electron chi connectivity index (χ1n) is 18.9. The number of benzene rings is 9. The summed E-state index contributed by atoms with van der Waals surface area (Å²) in [6.45, 7) is 0. The summed E-state index contributed by atoms with van der Waals surface area (Å²) in [6.07, 6.45) is 0. The standard InChI is InChI=1S/C53H35NO/c1-4-16-40(17-5-1)53(41-18-6-2-7-19-41)49-33-44(30-31-45(49)47-35-52-48(34-50(47)53)46-22-12-13-23-51(46)55-52)54(42-20-8-3-9-21-42)43-28-26-37(27-29-43)39-25-24-36-14-10-11-15-38(36)32-39/h1-35H. The Balaban J connectivity index is 1.14. The van der Waals surface area contributed by atoms with Crippen molar-refractivity contribution in [3.05, 3.63) is 235 Å². The Morgan fingerprint density at radius 3 is 1.67 bits per heavy atom. The van der Waals surface area contributed by atoms with E-state index in [2.05, 4.69) is 211 Å². The minimum absolute atomic E-state index is 0.571. The largest absolute Gasteiger partial charge is 0.456 e. The van der Waals surface area contributed by atoms with E-state index < -0.39 is 5.41 Å². The fourth-order valence-corrected chi connectivity index (χ4v) is 9.03. The summed E-state index contributed by atoms with van der Waals surface area (Å²) in [6, 6.07) is 77.1. The summed E-state index contributed by atoms with van der Waals surface area (Å²) in [4.78, 5) is 2.38. The average molecular weight is 702 g/mol. The number of nitrogens with zero attached hydrogens (tertiary/aromatic N) is 1. The van der Waals surface area contributed by atoms with E-state index in [-0.39, 0.29) is 0 Å². The van der Waals surface area contributed by atoms with E-state index >= 15 is 0 Å². The van der Waals surface area contributed by atoms with E-state index in [1.807, 2.05) is 6.07 Å². The highest BCUT2D eigenvalue weighted by Gasteiger charge is 2.47. The molecule has 0 spiro atoms. The van der Waals surface area contributed by atoms with Crippen molar-refractivity contribution in [3.8, 4) is 22.3 Å². The van der Waals surface area contributed by atoms with Crippen LogP contribution >= 0.6 is 0 Å². The lowest BCUT2D eigenvalue weighted by molar-refractivity contribution is 0.668. The third kappa shape index (κ3) is 4.89. The van der Waals surface area contributed by atoms with E-state index in [4.69, 9.17) is 4.42 Å². The molecule has 1 aliphatic rings. The van der Waals surface area contributed by atoms with Gasteiger partial charge in [-0.2, -0.15) is 0 Å². The lowest BCUT2D eigenvalue weighted by Crippen LogP contribution is -2.28. The van der Waals surface area contributed by atoms with Crippen molar-refractivity contribution >= 4 is 49.8 Å². The number of fused-ring (bicyclic) bond motifs is 7. The van der Waals surface area contributed by atoms with Gasteiger partial charge in [0.1, 0.15) is 11.2 Å². The maximum atomic E-state index is 6.50. The lowest BCUT2D eigenvalue weighted by Gasteiger charge is -2.35. The van der Waals surface area contributed by atoms with Crippen molar-refractivity contribution in [1.82, 2.24) is 0 Å². The average Bonchev–Trinajstić information content (AvgIpc) is 3.76. The van der Waals surface area contributed by atoms with Gasteiger partial charge in [-0.15, -0.1) is 0 Å². The summed E-state index contributed by atoms with van der Waals surface area (Å²) in [5.41, 5.74) is 14.3. The van der Waals surface area contributed by atoms with E-state index in [1.165, 1.54) is 55.3 Å². The van der Waals surface area contributed by atoms with Gasteiger partial charge < -0.3 is 9.32 Å². The molecule has 9 aromatic carbocycles. The number of rotatable bonds is 6. The van der Waals surface area contributed by atoms with Gasteiger partial charge in [0.25, 0.3) is 0 Å². The quantitative estimate of drug-likeness (QED) is 0.172. The molecule has 11 rings (SSSR count). The summed E-state index contributed by atoms with van der Waals surface area (Å²) in [5.74, 6) is 0. The Bertz CT molecular complexity index is 2980. The molecule has 0 N–H and O–H groups in total. The molecule has 258 valence electrons. The molecule has 2 nitrogen and oxygen atoms in total. The fourth-order valence-electron chi connectivity index (χ4n) is 9.03. The minimum Gasteiger partial charge on any atom is -0.456 e. The molecule has 1 heterocycles. The van der Waals surface area contributed by atoms with Gasteiger partial charge in [0.05, 0.1) is 5.41 Å². The summed E-state index contributed by atoms with van der Waals surface area (Å²) in [5, 5.41) is 4.77. The van der Waals surface area contributed by atoms with Crippen LogP contribution < -0.4 is 4.90 Å². The van der Waals surface area contributed by atoms with Gasteiger partial charge >= 0.3 is 0 Å². The number of anilines is 3. The Morgan fingerprint density at radius 1 is 0.345 bits per heavy atom. The molecule has 0 bridgehead atoms. The first kappa shape index (κ1) is 31.4. The molecule has 0 radical (unpaired) electrons. The highest BCUT2D eigenvalue weighted by atomic mass is 16.3. The number of hydrogen-bond acceptors (Lipinski definition) is 2. The molecule has 0 atom stereocenters. The molecular weight excluding hydrogens is 667 g/mol. The van der Waals surface area contributed by atoms with Crippen LogP contribution in [0.3, 0.4) is 0 Å². The Kier molecular flexibility index (Phi) is 7.11. The molecule has 0 saturated heterocycles. The van der Waals surface area contributed by atoms with Gasteiger partial charge in [-0.3, -0.25) is 0 Å². The SMILES string of the molecule is c1ccc(N(c2ccc(-c3ccc4ccccc4c3)cc2)c2ccc3c(c2)C(c2ccccc2)(c2ccccc2)c2cc4c(cc2-3)oc2ccccc24)cc1. The smallest absolute Gasteiger partial charge is 0.136 e. The molecule has 1 aliphatic carbocycles. The number of furan rings is 1. The molecule has 0 saturated carbocycles. The maximum absolute atomic E-state index is 6.50. The number of para-hydroxylation sites is 2. The first-order valence-corrected chi connectivity index (χ1v) is 18.9. The molecule has 0 amide bonds. The van der Waals surface area contributed by atoms with Gasteiger partial charge in [0.15, 0.2) is 0 Å². The van der Waals surface area contributed by atoms with Crippen molar-refractivity contribution < 1.29 is 4.42 Å². The van der Waals surface area contributed by atoms with Crippen LogP contribution in [-0.2, 0) is 5.41 Å². The van der Waals surface area contributed by atoms with Crippen molar-refractivity contribution in [1.29, 1.82) is 0 Å². The van der Waals surface area contributed by atoms with Gasteiger partial charge in [0, 0.05) is 27.8 Å². The van der Waals surface area contributed by atoms with Crippen LogP contribution in [0.25, 0.3) is 55.0 Å². The second kappa shape index (κ2) is 12.5. The maximum Gasteiger partial charge on any atom is 0.136 e. The van der Waals surface area contributed by atoms with Crippen LogP contribution in [0.15, 0.2) is 217 Å². The van der Waals surface area contributed by atoms with Crippen molar-refractivity contribution in [2.24, 2.45) is 0 Å². The first-order chi connectivity index (χ1) is 27.3. The van der Waals surface area contributed by atoms with Crippen molar-refractivity contribution in [2.75, 3.05) is 4.90 Å². The van der Waals surface area contributed by atoms with Gasteiger partial charge in [-0.05, 0) is 116 Å². The van der Waals surface area contributed by atoms with Gasteiger partial charge in [-0.1, -0.05) is 152 Å². The van der Waals surface area contributed by atoms with Crippen LogP contribution in [0, 0.1) is 0 Å². The molecule has 10 aromatic rings. The predicted molar refractivity (Wildman–Crippen MR) is 229 cm³/mol. The Labute approximate surface area is 320 Å². The van der Waals surface area contributed by atoms with Crippen LogP contribution in [0.4, 0.5) is 17.1 Å². The van der Waals surface area contributed by atoms with E-state index in [1.54, 1.807) is 0 Å². The van der Waals surface area contributed by atoms with E-state index in [9.17, 15) is 0 Å². The zero-order chi connectivity index (χ0) is 36.3. The highest BCUT2D eigenvalue weighted by molar-refractivity contribution is 6.08. The fraction of sp³-hybridized carbons (Fsp3) is 0.0189. The van der Waals surface area contributed by atoms with Crippen molar-refractivity contribution in [3.63, 3.8) is 0 Å². The summed E-state index contributed by atoms with van der Waals surface area (Å²) < 4.78 is 6.50. The van der Waals surface area contributed by atoms with E-state index in [0.29, 0.717) is 0 Å². The molecule has 55 heavy (non-hydrogen) atoms. The van der Waals surface area contributed by atoms with Crippen LogP contribution in [0.1, 0.15) is 22.3 Å². The third-order valence-corrected chi connectivity index (χ3v) is 11.5. The predicted octanol–water partition coefficient (Wildman–Crippen LogP) is 14.2. The second-order valence-electron chi connectivity index (χ2n) is 14.5. The molecule has 1 aromatic heterocycles. The number of hydrogen-bond donors (Lipinski definition) is 0. The second-order valence-corrected chi connectivity index (χ2v) is 14.5. The van der Waals surface area contributed by atoms with E-state index in [0.717, 1.165) is 39.0 Å². The molecular formula is C53H35NO. The minimum atomic E-state index is -0.571. The zero-order valence-electron chi connectivity index (χ0n) is 30.1. The van der Waals surface area contributed by atoms with Crippen LogP contribution in [0.5, 0.6) is 0 Å². The summed E-state index contributed by atoms with van der Waals surface area (Å²) in [7, 11) is 0. The van der Waals surface area contributed by atoms with Crippen molar-refractivity contribution in [2.45, 2.75) is 5.41 Å². The summed E-state index contributed by atoms with van der Waals surface area (Å²) >= 11 is 0. The molecule has 0 unspecified atom stereocenters.